The Hall–Kier alpha value is -6.03. The topological polar surface area (TPSA) is 188 Å². The van der Waals surface area contributed by atoms with Crippen LogP contribution in [0.5, 0.6) is 0 Å². The normalized spacial score (nSPS) is 13.7. The first-order valence-electron chi connectivity index (χ1n) is 19.0. The second-order valence-corrected chi connectivity index (χ2v) is 19.2. The number of aromatic nitrogens is 4. The lowest BCUT2D eigenvalue weighted by molar-refractivity contribution is -0.0436. The number of pyridine rings is 1. The zero-order valence-corrected chi connectivity index (χ0v) is 35.7. The smallest absolute Gasteiger partial charge is 0.380 e. The van der Waals surface area contributed by atoms with Gasteiger partial charge in [-0.1, -0.05) is 36.4 Å². The maximum atomic E-state index is 14.1. The van der Waals surface area contributed by atoms with Crippen molar-refractivity contribution < 1.29 is 39.6 Å². The molecule has 3 N–H and O–H groups in total. The molecule has 324 valence electrons. The van der Waals surface area contributed by atoms with Gasteiger partial charge in [0.05, 0.1) is 23.0 Å². The first-order chi connectivity index (χ1) is 29.5. The van der Waals surface area contributed by atoms with E-state index < -0.39 is 58.7 Å². The number of amides is 2. The lowest BCUT2D eigenvalue weighted by Crippen LogP contribution is -2.34. The molecule has 3 aromatic carbocycles. The van der Waals surface area contributed by atoms with E-state index in [1.54, 1.807) is 47.4 Å². The molecule has 21 heteroatoms. The fraction of sp³-hybridized carbons (Fsp3) is 0.244. The molecule has 1 atom stereocenters. The van der Waals surface area contributed by atoms with E-state index in [2.05, 4.69) is 25.6 Å². The average molecular weight is 908 g/mol. The standard InChI is InChI=1S/C41H40F3N9O6S3/c1-51(2)19-17-28(26-60-29-9-4-3-5-10-29)46-33-15-14-30(22-35(33)61(56,57)41(42,43)44)62(58,59)50-40(55)34-12-7-13-37(47-34)52-20-16-27-8-6-11-31(32(27)24-52)39(54)49-36-25-53-21-18-45-23-38(53)48-36/h3-15,18,21-23,25,28,46H,16-17,19-20,24,26H2,1-2H3,(H,49,54)(H,50,55)/t28-/m1/s1. The van der Waals surface area contributed by atoms with E-state index in [0.29, 0.717) is 60.3 Å². The number of benzene rings is 3. The highest BCUT2D eigenvalue weighted by molar-refractivity contribution is 7.99. The second kappa shape index (κ2) is 18.1. The average Bonchev–Trinajstić information content (AvgIpc) is 3.66. The number of sulfone groups is 1. The van der Waals surface area contributed by atoms with Crippen molar-refractivity contribution in [1.82, 2.24) is 29.0 Å². The van der Waals surface area contributed by atoms with Gasteiger partial charge in [0.1, 0.15) is 16.4 Å². The third-order valence-electron chi connectivity index (χ3n) is 9.88. The third-order valence-corrected chi connectivity index (χ3v) is 13.9. The Morgan fingerprint density at radius 1 is 0.935 bits per heavy atom. The summed E-state index contributed by atoms with van der Waals surface area (Å²) < 4.78 is 98.9. The molecule has 0 bridgehead atoms. The molecule has 3 aromatic heterocycles. The Kier molecular flexibility index (Phi) is 12.9. The van der Waals surface area contributed by atoms with Gasteiger partial charge in [-0.15, -0.1) is 11.8 Å². The van der Waals surface area contributed by atoms with E-state index in [4.69, 9.17) is 0 Å². The van der Waals surface area contributed by atoms with Gasteiger partial charge in [-0.25, -0.2) is 31.5 Å². The van der Waals surface area contributed by atoms with Crippen LogP contribution in [0, 0.1) is 0 Å². The fourth-order valence-electron chi connectivity index (χ4n) is 6.72. The molecule has 0 aliphatic carbocycles. The molecule has 15 nitrogen and oxygen atoms in total. The number of thioether (sulfide) groups is 1. The SMILES string of the molecule is CN(C)CC[C@H](CSc1ccccc1)Nc1ccc(S(=O)(=O)NC(=O)c2cccc(N3CCc4cccc(C(=O)Nc5cn6ccncc6n5)c4C3)n2)cc1S(=O)(=O)C(F)(F)F. The van der Waals surface area contributed by atoms with Crippen LogP contribution >= 0.6 is 11.8 Å². The number of hydrogen-bond acceptors (Lipinski definition) is 13. The number of nitrogens with zero attached hydrogens (tertiary/aromatic N) is 6. The number of carbonyl (C=O) groups is 2. The lowest BCUT2D eigenvalue weighted by Gasteiger charge is -2.31. The van der Waals surface area contributed by atoms with Gasteiger partial charge in [0, 0.05) is 47.7 Å². The zero-order chi connectivity index (χ0) is 44.2. The number of imidazole rings is 1. The fourth-order valence-corrected chi connectivity index (χ4v) is 9.72. The molecule has 6 aromatic rings. The molecule has 0 unspecified atom stereocenters. The first kappa shape index (κ1) is 44.0. The molecule has 1 aliphatic heterocycles. The second-order valence-electron chi connectivity index (χ2n) is 14.5. The number of anilines is 3. The lowest BCUT2D eigenvalue weighted by atomic mass is 9.94. The molecular weight excluding hydrogens is 868 g/mol. The van der Waals surface area contributed by atoms with E-state index in [9.17, 15) is 39.6 Å². The van der Waals surface area contributed by atoms with Crippen LogP contribution in [0.4, 0.5) is 30.5 Å². The number of carbonyl (C=O) groups excluding carboxylic acids is 2. The largest absolute Gasteiger partial charge is 0.501 e. The van der Waals surface area contributed by atoms with E-state index >= 15 is 0 Å². The van der Waals surface area contributed by atoms with E-state index in [1.807, 2.05) is 65.0 Å². The summed E-state index contributed by atoms with van der Waals surface area (Å²) in [4.78, 5) is 42.1. The Morgan fingerprint density at radius 3 is 2.45 bits per heavy atom. The van der Waals surface area contributed by atoms with Crippen LogP contribution in [0.15, 0.2) is 124 Å². The number of halogens is 3. The van der Waals surface area contributed by atoms with E-state index in [1.165, 1.54) is 23.9 Å². The quantitative estimate of drug-likeness (QED) is 0.104. The number of rotatable bonds is 15. The minimum absolute atomic E-state index is 0.210. The summed E-state index contributed by atoms with van der Waals surface area (Å²) in [5, 5.41) is 5.74. The van der Waals surface area contributed by atoms with E-state index in [-0.39, 0.29) is 18.1 Å². The van der Waals surface area contributed by atoms with Crippen LogP contribution in [-0.2, 0) is 32.8 Å². The predicted octanol–water partition coefficient (Wildman–Crippen LogP) is 5.88. The van der Waals surface area contributed by atoms with Gasteiger partial charge >= 0.3 is 5.51 Å². The number of hydrogen-bond donors (Lipinski definition) is 3. The molecule has 4 heterocycles. The van der Waals surface area contributed by atoms with Crippen molar-refractivity contribution in [2.24, 2.45) is 0 Å². The van der Waals surface area contributed by atoms with Gasteiger partial charge in [0.25, 0.3) is 31.7 Å². The molecule has 1 aliphatic rings. The molecule has 0 saturated heterocycles. The molecule has 7 rings (SSSR count). The highest BCUT2D eigenvalue weighted by atomic mass is 32.2. The highest BCUT2D eigenvalue weighted by Gasteiger charge is 2.48. The van der Waals surface area contributed by atoms with Gasteiger partial charge in [-0.2, -0.15) is 13.2 Å². The Balaban J connectivity index is 1.10. The summed E-state index contributed by atoms with van der Waals surface area (Å²) >= 11 is 1.41. The van der Waals surface area contributed by atoms with Crippen molar-refractivity contribution in [2.75, 3.05) is 48.5 Å². The van der Waals surface area contributed by atoms with Gasteiger partial charge in [-0.05, 0) is 93.1 Å². The summed E-state index contributed by atoms with van der Waals surface area (Å²) in [5.74, 6) is -0.656. The molecule has 0 spiro atoms. The van der Waals surface area contributed by atoms with Crippen molar-refractivity contribution in [3.63, 3.8) is 0 Å². The number of alkyl halides is 3. The van der Waals surface area contributed by atoms with Crippen LogP contribution in [-0.4, -0.2) is 97.4 Å². The molecule has 62 heavy (non-hydrogen) atoms. The Morgan fingerprint density at radius 2 is 1.71 bits per heavy atom. The monoisotopic (exact) mass is 907 g/mol. The van der Waals surface area contributed by atoms with Crippen LogP contribution < -0.4 is 20.3 Å². The molecule has 2 amide bonds. The van der Waals surface area contributed by atoms with Gasteiger partial charge < -0.3 is 24.8 Å². The van der Waals surface area contributed by atoms with Crippen molar-refractivity contribution in [3.8, 4) is 0 Å². The zero-order valence-electron chi connectivity index (χ0n) is 33.2. The number of fused-ring (bicyclic) bond motifs is 2. The molecular formula is C41H40F3N9O6S3. The van der Waals surface area contributed by atoms with Gasteiger partial charge in [0.15, 0.2) is 11.5 Å². The summed E-state index contributed by atoms with van der Waals surface area (Å²) in [5.41, 5.74) is -3.99. The highest BCUT2D eigenvalue weighted by Crippen LogP contribution is 2.37. The maximum absolute atomic E-state index is 14.1. The Bertz CT molecular complexity index is 2810. The van der Waals surface area contributed by atoms with Gasteiger partial charge in [0.2, 0.25) is 0 Å². The minimum atomic E-state index is -6.09. The summed E-state index contributed by atoms with van der Waals surface area (Å²) in [6.45, 7) is 1.16. The minimum Gasteiger partial charge on any atom is -0.380 e. The maximum Gasteiger partial charge on any atom is 0.501 e. The van der Waals surface area contributed by atoms with Crippen molar-refractivity contribution in [1.29, 1.82) is 0 Å². The first-order valence-corrected chi connectivity index (χ1v) is 23.0. The van der Waals surface area contributed by atoms with Crippen molar-refractivity contribution in [2.45, 2.75) is 45.6 Å². The summed E-state index contributed by atoms with van der Waals surface area (Å²) in [6.07, 6.45) is 7.42. The molecule has 0 saturated carbocycles. The van der Waals surface area contributed by atoms with Crippen molar-refractivity contribution >= 4 is 66.4 Å². The van der Waals surface area contributed by atoms with Crippen LogP contribution in [0.2, 0.25) is 0 Å². The number of nitrogens with one attached hydrogen (secondary N) is 3. The predicted molar refractivity (Wildman–Crippen MR) is 228 cm³/mol. The van der Waals surface area contributed by atoms with Crippen molar-refractivity contribution in [3.05, 3.63) is 132 Å². The van der Waals surface area contributed by atoms with Crippen LogP contribution in [0.3, 0.4) is 0 Å². The summed E-state index contributed by atoms with van der Waals surface area (Å²) in [6, 6.07) is 20.7. The summed E-state index contributed by atoms with van der Waals surface area (Å²) in [7, 11) is -7.41. The third kappa shape index (κ3) is 10.0. The van der Waals surface area contributed by atoms with Crippen LogP contribution in [0.1, 0.15) is 38.4 Å². The van der Waals surface area contributed by atoms with Gasteiger partial charge in [-0.3, -0.25) is 14.6 Å². The Labute approximate surface area is 359 Å². The molecule has 0 fully saturated rings. The molecule has 0 radical (unpaired) electrons. The van der Waals surface area contributed by atoms with Crippen LogP contribution in [0.25, 0.3) is 5.65 Å². The van der Waals surface area contributed by atoms with E-state index in [0.717, 1.165) is 22.6 Å². The number of sulfonamides is 1.